The third-order valence-corrected chi connectivity index (χ3v) is 5.05. The summed E-state index contributed by atoms with van der Waals surface area (Å²) in [6, 6.07) is 22.6. The van der Waals surface area contributed by atoms with E-state index in [0.717, 1.165) is 17.0 Å². The van der Waals surface area contributed by atoms with Crippen LogP contribution < -0.4 is 19.7 Å². The second-order valence-electron chi connectivity index (χ2n) is 6.77. The van der Waals surface area contributed by atoms with E-state index in [-0.39, 0.29) is 12.1 Å². The number of nitrogens with zero attached hydrogens (tertiary/aromatic N) is 1. The lowest BCUT2D eigenvalue weighted by atomic mass is 10.1. The molecule has 29 heavy (non-hydrogen) atoms. The lowest BCUT2D eigenvalue weighted by Crippen LogP contribution is -2.39. The molecule has 1 fully saturated rings. The normalized spacial score (nSPS) is 16.1. The fraction of sp³-hybridized carbons (Fsp3) is 0.174. The number of hydrogen-bond acceptors (Lipinski definition) is 4. The average Bonchev–Trinajstić information content (AvgIpc) is 3.10. The Morgan fingerprint density at radius 2 is 1.69 bits per heavy atom. The number of anilines is 1. The van der Waals surface area contributed by atoms with Crippen LogP contribution in [0.2, 0.25) is 5.02 Å². The molecule has 1 atom stereocenters. The van der Waals surface area contributed by atoms with Crippen LogP contribution in [-0.4, -0.2) is 25.7 Å². The molecule has 1 aliphatic rings. The molecule has 3 aromatic rings. The van der Waals surface area contributed by atoms with Gasteiger partial charge in [0.05, 0.1) is 19.8 Å². The highest BCUT2D eigenvalue weighted by atomic mass is 35.5. The van der Waals surface area contributed by atoms with Crippen molar-refractivity contribution >= 4 is 23.2 Å². The van der Waals surface area contributed by atoms with Gasteiger partial charge in [-0.15, -0.1) is 0 Å². The molecular formula is C23H21ClN2O3. The predicted octanol–water partition coefficient (Wildman–Crippen LogP) is 4.65. The molecule has 3 aromatic carbocycles. The van der Waals surface area contributed by atoms with E-state index in [9.17, 15) is 4.79 Å². The van der Waals surface area contributed by atoms with Crippen LogP contribution in [0.25, 0.3) is 0 Å². The summed E-state index contributed by atoms with van der Waals surface area (Å²) in [5.74, 6) is 2.25. The average molecular weight is 409 g/mol. The fourth-order valence-electron chi connectivity index (χ4n) is 3.38. The Kier molecular flexibility index (Phi) is 5.69. The van der Waals surface area contributed by atoms with E-state index in [4.69, 9.17) is 21.1 Å². The van der Waals surface area contributed by atoms with Crippen LogP contribution in [-0.2, 0) is 11.2 Å². The number of amides is 1. The molecular weight excluding hydrogens is 388 g/mol. The Hall–Kier alpha value is -3.02. The van der Waals surface area contributed by atoms with Gasteiger partial charge in [0.25, 0.3) is 0 Å². The van der Waals surface area contributed by atoms with Gasteiger partial charge in [-0.3, -0.25) is 15.0 Å². The summed E-state index contributed by atoms with van der Waals surface area (Å²) in [5, 5.41) is 3.95. The summed E-state index contributed by atoms with van der Waals surface area (Å²) < 4.78 is 11.1. The Bertz CT molecular complexity index is 990. The molecule has 1 amide bonds. The number of nitrogens with one attached hydrogen (secondary N) is 1. The summed E-state index contributed by atoms with van der Waals surface area (Å²) in [5.41, 5.74) is 1.93. The number of rotatable bonds is 6. The van der Waals surface area contributed by atoms with Crippen molar-refractivity contribution in [2.24, 2.45) is 0 Å². The highest BCUT2D eigenvalue weighted by Gasteiger charge is 2.31. The zero-order chi connectivity index (χ0) is 20.2. The molecule has 1 saturated heterocycles. The minimum atomic E-state index is -0.113. The predicted molar refractivity (Wildman–Crippen MR) is 114 cm³/mol. The van der Waals surface area contributed by atoms with Gasteiger partial charge in [0.1, 0.15) is 17.2 Å². The van der Waals surface area contributed by atoms with Crippen LogP contribution in [0.4, 0.5) is 5.69 Å². The quantitative estimate of drug-likeness (QED) is 0.645. The maximum absolute atomic E-state index is 12.5. The van der Waals surface area contributed by atoms with E-state index in [0.29, 0.717) is 29.5 Å². The largest absolute Gasteiger partial charge is 0.497 e. The number of ether oxygens (including phenoxy) is 2. The molecule has 4 rings (SSSR count). The molecule has 0 aliphatic carbocycles. The van der Waals surface area contributed by atoms with Crippen LogP contribution >= 0.6 is 11.6 Å². The summed E-state index contributed by atoms with van der Waals surface area (Å²) in [4.78, 5) is 14.3. The van der Waals surface area contributed by atoms with Crippen molar-refractivity contribution in [1.29, 1.82) is 0 Å². The molecule has 1 heterocycles. The topological polar surface area (TPSA) is 50.8 Å². The molecule has 0 unspecified atom stereocenters. The van der Waals surface area contributed by atoms with Crippen molar-refractivity contribution < 1.29 is 14.3 Å². The number of methoxy groups -OCH3 is 1. The Morgan fingerprint density at radius 1 is 1.00 bits per heavy atom. The van der Waals surface area contributed by atoms with E-state index < -0.39 is 0 Å². The van der Waals surface area contributed by atoms with Crippen LogP contribution in [0.1, 0.15) is 5.56 Å². The minimum absolute atomic E-state index is 0.0456. The molecule has 5 nitrogen and oxygen atoms in total. The Morgan fingerprint density at radius 3 is 2.38 bits per heavy atom. The van der Waals surface area contributed by atoms with Gasteiger partial charge >= 0.3 is 0 Å². The molecule has 0 spiro atoms. The third-order valence-electron chi connectivity index (χ3n) is 4.80. The van der Waals surface area contributed by atoms with Crippen LogP contribution in [0, 0.1) is 0 Å². The second-order valence-corrected chi connectivity index (χ2v) is 7.20. The lowest BCUT2D eigenvalue weighted by molar-refractivity contribution is -0.116. The van der Waals surface area contributed by atoms with Gasteiger partial charge in [-0.2, -0.15) is 0 Å². The molecule has 0 bridgehead atoms. The van der Waals surface area contributed by atoms with Gasteiger partial charge in [-0.05, 0) is 66.2 Å². The second kappa shape index (κ2) is 8.55. The molecule has 1 N–H and O–H groups in total. The Balaban J connectivity index is 1.49. The summed E-state index contributed by atoms with van der Waals surface area (Å²) >= 11 is 5.90. The molecule has 1 aliphatic heterocycles. The number of carbonyl (C=O) groups excluding carboxylic acids is 1. The van der Waals surface area contributed by atoms with E-state index in [1.807, 2.05) is 60.7 Å². The first-order valence-electron chi connectivity index (χ1n) is 9.34. The highest BCUT2D eigenvalue weighted by Crippen LogP contribution is 2.28. The standard InChI is InChI=1S/C23H21ClN2O3/c1-28-21-4-2-3-16(13-21)14-22-25-15-23(27)26(22)18-7-11-20(12-8-18)29-19-9-5-17(24)6-10-19/h2-13,22,25H,14-15H2,1H3/t22-/m0/s1. The van der Waals surface area contributed by atoms with Crippen molar-refractivity contribution in [2.45, 2.75) is 12.6 Å². The lowest BCUT2D eigenvalue weighted by Gasteiger charge is -2.25. The minimum Gasteiger partial charge on any atom is -0.497 e. The van der Waals surface area contributed by atoms with Gasteiger partial charge in [-0.25, -0.2) is 0 Å². The summed E-state index contributed by atoms with van der Waals surface area (Å²) in [6.45, 7) is 0.317. The van der Waals surface area contributed by atoms with Gasteiger partial charge in [0.2, 0.25) is 5.91 Å². The van der Waals surface area contributed by atoms with E-state index in [1.54, 1.807) is 24.1 Å². The van der Waals surface area contributed by atoms with Gasteiger partial charge < -0.3 is 9.47 Å². The molecule has 0 saturated carbocycles. The third kappa shape index (κ3) is 4.53. The number of halogens is 1. The molecule has 6 heteroatoms. The van der Waals surface area contributed by atoms with Crippen molar-refractivity contribution in [2.75, 3.05) is 18.6 Å². The van der Waals surface area contributed by atoms with Crippen LogP contribution in [0.5, 0.6) is 17.2 Å². The van der Waals surface area contributed by atoms with Crippen molar-refractivity contribution in [1.82, 2.24) is 5.32 Å². The summed E-state index contributed by atoms with van der Waals surface area (Å²) in [7, 11) is 1.65. The number of benzene rings is 3. The first-order chi connectivity index (χ1) is 14.1. The number of carbonyl (C=O) groups is 1. The Labute approximate surface area is 174 Å². The van der Waals surface area contributed by atoms with E-state index >= 15 is 0 Å². The SMILES string of the molecule is COc1cccc(C[C@H]2NCC(=O)N2c2ccc(Oc3ccc(Cl)cc3)cc2)c1. The smallest absolute Gasteiger partial charge is 0.242 e. The fourth-order valence-corrected chi connectivity index (χ4v) is 3.50. The number of hydrogen-bond donors (Lipinski definition) is 1. The zero-order valence-corrected chi connectivity index (χ0v) is 16.7. The monoisotopic (exact) mass is 408 g/mol. The van der Waals surface area contributed by atoms with Crippen molar-refractivity contribution in [3.8, 4) is 17.2 Å². The van der Waals surface area contributed by atoms with Crippen LogP contribution in [0.15, 0.2) is 72.8 Å². The molecule has 0 aromatic heterocycles. The maximum Gasteiger partial charge on any atom is 0.242 e. The maximum atomic E-state index is 12.5. The van der Waals surface area contributed by atoms with Gasteiger partial charge in [0, 0.05) is 17.1 Å². The molecule has 148 valence electrons. The zero-order valence-electron chi connectivity index (χ0n) is 16.0. The van der Waals surface area contributed by atoms with Gasteiger partial charge in [0.15, 0.2) is 0 Å². The summed E-state index contributed by atoms with van der Waals surface area (Å²) in [6.07, 6.45) is 0.573. The molecule has 0 radical (unpaired) electrons. The van der Waals surface area contributed by atoms with Crippen molar-refractivity contribution in [3.63, 3.8) is 0 Å². The van der Waals surface area contributed by atoms with Gasteiger partial charge in [-0.1, -0.05) is 23.7 Å². The van der Waals surface area contributed by atoms with E-state index in [1.165, 1.54) is 0 Å². The van der Waals surface area contributed by atoms with Crippen LogP contribution in [0.3, 0.4) is 0 Å². The van der Waals surface area contributed by atoms with E-state index in [2.05, 4.69) is 5.32 Å². The highest BCUT2D eigenvalue weighted by molar-refractivity contribution is 6.30. The van der Waals surface area contributed by atoms with Crippen molar-refractivity contribution in [3.05, 3.63) is 83.4 Å². The first-order valence-corrected chi connectivity index (χ1v) is 9.72. The first kappa shape index (κ1) is 19.3.